The van der Waals surface area contributed by atoms with E-state index in [1.165, 1.54) is 17.7 Å². The number of rotatable bonds is 3. The van der Waals surface area contributed by atoms with E-state index in [2.05, 4.69) is 16.7 Å². The molecule has 120 valence electrons. The lowest BCUT2D eigenvalue weighted by Gasteiger charge is -2.16. The Hall–Kier alpha value is -1.98. The first-order valence-corrected chi connectivity index (χ1v) is 8.88. The molecule has 0 aliphatic carbocycles. The van der Waals surface area contributed by atoms with Gasteiger partial charge in [0.1, 0.15) is 10.1 Å². The van der Waals surface area contributed by atoms with Gasteiger partial charge in [0.25, 0.3) is 0 Å². The van der Waals surface area contributed by atoms with Gasteiger partial charge in [-0.2, -0.15) is 4.58 Å². The number of fused-ring (bicyclic) bond motifs is 1. The number of hydrogen-bond donors (Lipinski definition) is 0. The maximum atomic E-state index is 11.3. The number of benzene rings is 2. The Kier molecular flexibility index (Phi) is 3.65. The zero-order chi connectivity index (χ0) is 16.8. The minimum absolute atomic E-state index is 0.168. The van der Waals surface area contributed by atoms with Crippen LogP contribution in [-0.2, 0) is 22.1 Å². The van der Waals surface area contributed by atoms with Gasteiger partial charge in [-0.15, -0.1) is 0 Å². The van der Waals surface area contributed by atoms with Gasteiger partial charge in [-0.25, -0.2) is 8.42 Å². The molecule has 0 radical (unpaired) electrons. The number of hydrogen-bond acceptors (Lipinski definition) is 3. The second kappa shape index (κ2) is 5.28. The maximum absolute atomic E-state index is 11.3. The zero-order valence-electron chi connectivity index (χ0n) is 13.4. The average Bonchev–Trinajstić information content (AvgIpc) is 2.68. The molecule has 1 aliphatic heterocycles. The molecule has 0 saturated heterocycles. The lowest BCUT2D eigenvalue weighted by molar-refractivity contribution is -0.456. The van der Waals surface area contributed by atoms with Crippen LogP contribution in [0.1, 0.15) is 31.9 Å². The normalized spacial score (nSPS) is 16.5. The Labute approximate surface area is 136 Å². The molecule has 2 aromatic carbocycles. The van der Waals surface area contributed by atoms with Gasteiger partial charge in [-0.3, -0.25) is 0 Å². The lowest BCUT2D eigenvalue weighted by Crippen LogP contribution is -2.26. The molecule has 0 saturated carbocycles. The van der Waals surface area contributed by atoms with E-state index in [-0.39, 0.29) is 10.3 Å². The van der Waals surface area contributed by atoms with Crippen LogP contribution >= 0.6 is 0 Å². The van der Waals surface area contributed by atoms with Crippen molar-refractivity contribution >= 4 is 21.5 Å². The van der Waals surface area contributed by atoms with Gasteiger partial charge < -0.3 is 4.55 Å². The molecule has 5 heteroatoms. The SMILES string of the molecule is CC1=[N+](Cc2ccccc2)c2ccc(S(=O)(=O)[O-])cc2C1(C)C. The predicted octanol–water partition coefficient (Wildman–Crippen LogP) is 3.19. The third-order valence-corrected chi connectivity index (χ3v) is 5.55. The third kappa shape index (κ3) is 2.71. The summed E-state index contributed by atoms with van der Waals surface area (Å²) in [4.78, 5) is -0.168. The molecule has 0 fully saturated rings. The molecule has 3 rings (SSSR count). The molecule has 4 nitrogen and oxygen atoms in total. The van der Waals surface area contributed by atoms with Gasteiger partial charge in [-0.1, -0.05) is 30.3 Å². The largest absolute Gasteiger partial charge is 0.744 e. The highest BCUT2D eigenvalue weighted by Crippen LogP contribution is 2.41. The molecule has 1 heterocycles. The fourth-order valence-electron chi connectivity index (χ4n) is 3.09. The van der Waals surface area contributed by atoms with Crippen molar-refractivity contribution in [1.82, 2.24) is 0 Å². The van der Waals surface area contributed by atoms with E-state index in [1.807, 2.05) is 39.0 Å². The summed E-state index contributed by atoms with van der Waals surface area (Å²) >= 11 is 0. The topological polar surface area (TPSA) is 60.2 Å². The maximum Gasteiger partial charge on any atom is 0.209 e. The second-order valence-electron chi connectivity index (χ2n) is 6.42. The van der Waals surface area contributed by atoms with Gasteiger partial charge in [-0.05, 0) is 26.0 Å². The van der Waals surface area contributed by atoms with E-state index >= 15 is 0 Å². The predicted molar refractivity (Wildman–Crippen MR) is 88.2 cm³/mol. The van der Waals surface area contributed by atoms with E-state index in [4.69, 9.17) is 0 Å². The summed E-state index contributed by atoms with van der Waals surface area (Å²) in [6, 6.07) is 14.8. The van der Waals surface area contributed by atoms with Crippen molar-refractivity contribution in [3.8, 4) is 0 Å². The fourth-order valence-corrected chi connectivity index (χ4v) is 3.59. The Morgan fingerprint density at radius 1 is 1.09 bits per heavy atom. The van der Waals surface area contributed by atoms with E-state index < -0.39 is 10.1 Å². The van der Waals surface area contributed by atoms with Gasteiger partial charge in [0.2, 0.25) is 5.69 Å². The van der Waals surface area contributed by atoms with Crippen molar-refractivity contribution < 1.29 is 17.5 Å². The average molecular weight is 329 g/mol. The molecular formula is C18H19NO3S. The van der Waals surface area contributed by atoms with E-state index in [0.717, 1.165) is 17.0 Å². The minimum Gasteiger partial charge on any atom is -0.744 e. The Morgan fingerprint density at radius 2 is 1.74 bits per heavy atom. The fraction of sp³-hybridized carbons (Fsp3) is 0.278. The number of nitrogens with zero attached hydrogens (tertiary/aromatic N) is 1. The highest BCUT2D eigenvalue weighted by molar-refractivity contribution is 7.85. The van der Waals surface area contributed by atoms with E-state index in [0.29, 0.717) is 6.54 Å². The molecule has 1 aliphatic rings. The van der Waals surface area contributed by atoms with Crippen molar-refractivity contribution in [2.24, 2.45) is 0 Å². The Bertz CT molecular complexity index is 897. The Balaban J connectivity index is 2.12. The zero-order valence-corrected chi connectivity index (χ0v) is 14.2. The first-order valence-electron chi connectivity index (χ1n) is 7.47. The van der Waals surface area contributed by atoms with E-state index in [9.17, 15) is 13.0 Å². The molecule has 0 unspecified atom stereocenters. The van der Waals surface area contributed by atoms with Crippen LogP contribution in [0.15, 0.2) is 53.4 Å². The molecule has 2 aromatic rings. The van der Waals surface area contributed by atoms with Crippen LogP contribution in [0.2, 0.25) is 0 Å². The van der Waals surface area contributed by atoms with Crippen molar-refractivity contribution in [2.75, 3.05) is 0 Å². The van der Waals surface area contributed by atoms with Gasteiger partial charge in [0.05, 0.1) is 10.3 Å². The van der Waals surface area contributed by atoms with Crippen LogP contribution in [-0.4, -0.2) is 23.3 Å². The van der Waals surface area contributed by atoms with E-state index in [1.54, 1.807) is 6.07 Å². The summed E-state index contributed by atoms with van der Waals surface area (Å²) in [7, 11) is -4.45. The highest BCUT2D eigenvalue weighted by atomic mass is 32.2. The van der Waals surface area contributed by atoms with Crippen molar-refractivity contribution in [3.63, 3.8) is 0 Å². The highest BCUT2D eigenvalue weighted by Gasteiger charge is 2.43. The molecule has 0 atom stereocenters. The summed E-state index contributed by atoms with van der Waals surface area (Å²) in [5.74, 6) is 0. The molecule has 0 spiro atoms. The quantitative estimate of drug-likeness (QED) is 0.642. The van der Waals surface area contributed by atoms with Crippen LogP contribution < -0.4 is 0 Å². The van der Waals surface area contributed by atoms with Gasteiger partial charge >= 0.3 is 0 Å². The van der Waals surface area contributed by atoms with Crippen LogP contribution in [0.5, 0.6) is 0 Å². The van der Waals surface area contributed by atoms with Crippen molar-refractivity contribution in [1.29, 1.82) is 0 Å². The van der Waals surface area contributed by atoms with Crippen LogP contribution in [0, 0.1) is 0 Å². The molecular weight excluding hydrogens is 310 g/mol. The standard InChI is InChI=1S/C18H19NO3S/c1-13-18(2,3)16-11-15(23(20,21)22)9-10-17(16)19(13)12-14-7-5-4-6-8-14/h4-11H,12H2,1-3H3. The van der Waals surface area contributed by atoms with Crippen LogP contribution in [0.4, 0.5) is 5.69 Å². The molecule has 0 amide bonds. The first kappa shape index (κ1) is 15.9. The van der Waals surface area contributed by atoms with Crippen molar-refractivity contribution in [2.45, 2.75) is 37.6 Å². The summed E-state index contributed by atoms with van der Waals surface area (Å²) in [6.45, 7) is 6.86. The van der Waals surface area contributed by atoms with Crippen molar-refractivity contribution in [3.05, 3.63) is 59.7 Å². The molecule has 0 N–H and O–H groups in total. The lowest BCUT2D eigenvalue weighted by atomic mass is 9.82. The molecule has 23 heavy (non-hydrogen) atoms. The molecule has 0 aromatic heterocycles. The second-order valence-corrected chi connectivity index (χ2v) is 7.79. The third-order valence-electron chi connectivity index (χ3n) is 4.71. The summed E-state index contributed by atoms with van der Waals surface area (Å²) in [5, 5.41) is 0. The summed E-state index contributed by atoms with van der Waals surface area (Å²) in [5.41, 5.74) is 3.84. The monoisotopic (exact) mass is 329 g/mol. The summed E-state index contributed by atoms with van der Waals surface area (Å²) < 4.78 is 36.2. The van der Waals surface area contributed by atoms with Crippen LogP contribution in [0.3, 0.4) is 0 Å². The molecule has 0 bridgehead atoms. The van der Waals surface area contributed by atoms with Gasteiger partial charge in [0.15, 0.2) is 12.3 Å². The summed E-state index contributed by atoms with van der Waals surface area (Å²) in [6.07, 6.45) is 0. The van der Waals surface area contributed by atoms with Gasteiger partial charge in [0, 0.05) is 24.1 Å². The Morgan fingerprint density at radius 3 is 2.35 bits per heavy atom. The van der Waals surface area contributed by atoms with Crippen LogP contribution in [0.25, 0.3) is 0 Å². The minimum atomic E-state index is -4.45. The smallest absolute Gasteiger partial charge is 0.209 e. The first-order chi connectivity index (χ1) is 10.7.